The third-order valence-corrected chi connectivity index (χ3v) is 3.40. The molecule has 2 rings (SSSR count). The van der Waals surface area contributed by atoms with Gasteiger partial charge in [-0.2, -0.15) is 0 Å². The summed E-state index contributed by atoms with van der Waals surface area (Å²) >= 11 is 5.96. The Morgan fingerprint density at radius 2 is 2.15 bits per heavy atom. The van der Waals surface area contributed by atoms with E-state index >= 15 is 0 Å². The minimum atomic E-state index is -0.664. The number of hydrogen-bond donors (Lipinski definition) is 1. The molecule has 0 aliphatic carbocycles. The molecule has 1 atom stereocenters. The molecule has 1 heterocycles. The van der Waals surface area contributed by atoms with Crippen molar-refractivity contribution >= 4 is 17.4 Å². The van der Waals surface area contributed by atoms with Gasteiger partial charge in [-0.25, -0.2) is 4.39 Å². The van der Waals surface area contributed by atoms with Gasteiger partial charge in [-0.3, -0.25) is 9.78 Å². The Kier molecular flexibility index (Phi) is 4.47. The first-order valence-electron chi connectivity index (χ1n) is 6.25. The molecule has 0 amide bonds. The topological polar surface area (TPSA) is 56.0 Å². The SMILES string of the molecule is CC[C@@H](N)c1ccc(Cl)c(C(=O)c2ccccn2)c1F. The molecule has 0 radical (unpaired) electrons. The highest BCUT2D eigenvalue weighted by Crippen LogP contribution is 2.28. The Hall–Kier alpha value is -1.78. The molecule has 0 fully saturated rings. The molecule has 0 saturated carbocycles. The van der Waals surface area contributed by atoms with Gasteiger partial charge in [0.1, 0.15) is 11.5 Å². The van der Waals surface area contributed by atoms with Crippen LogP contribution < -0.4 is 5.73 Å². The summed E-state index contributed by atoms with van der Waals surface area (Å²) in [7, 11) is 0. The van der Waals surface area contributed by atoms with Crippen LogP contribution in [0.2, 0.25) is 5.02 Å². The van der Waals surface area contributed by atoms with Crippen LogP contribution in [0.15, 0.2) is 36.5 Å². The molecule has 20 heavy (non-hydrogen) atoms. The van der Waals surface area contributed by atoms with Gasteiger partial charge in [-0.15, -0.1) is 0 Å². The summed E-state index contributed by atoms with van der Waals surface area (Å²) in [5, 5.41) is 0.0604. The molecule has 0 spiro atoms. The molecule has 0 bridgehead atoms. The Bertz CT molecular complexity index is 631. The monoisotopic (exact) mass is 292 g/mol. The quantitative estimate of drug-likeness (QED) is 0.877. The van der Waals surface area contributed by atoms with E-state index in [4.69, 9.17) is 17.3 Å². The Balaban J connectivity index is 2.54. The van der Waals surface area contributed by atoms with Crippen LogP contribution in [-0.2, 0) is 0 Å². The molecule has 1 aromatic heterocycles. The number of pyridine rings is 1. The fourth-order valence-corrected chi connectivity index (χ4v) is 2.14. The predicted octanol–water partition coefficient (Wildman–Crippen LogP) is 3.51. The lowest BCUT2D eigenvalue weighted by Gasteiger charge is -2.14. The minimum Gasteiger partial charge on any atom is -0.324 e. The highest BCUT2D eigenvalue weighted by molar-refractivity contribution is 6.34. The maximum Gasteiger partial charge on any atom is 0.215 e. The zero-order valence-corrected chi connectivity index (χ0v) is 11.7. The Morgan fingerprint density at radius 1 is 1.40 bits per heavy atom. The first-order chi connectivity index (χ1) is 9.56. The van der Waals surface area contributed by atoms with Crippen molar-refractivity contribution in [1.29, 1.82) is 0 Å². The van der Waals surface area contributed by atoms with Gasteiger partial charge in [0.05, 0.1) is 10.6 Å². The van der Waals surface area contributed by atoms with Crippen molar-refractivity contribution in [2.24, 2.45) is 5.73 Å². The zero-order valence-electron chi connectivity index (χ0n) is 10.9. The van der Waals surface area contributed by atoms with Crippen molar-refractivity contribution in [3.63, 3.8) is 0 Å². The van der Waals surface area contributed by atoms with E-state index in [9.17, 15) is 9.18 Å². The second kappa shape index (κ2) is 6.11. The average Bonchev–Trinajstić information content (AvgIpc) is 2.47. The second-order valence-electron chi connectivity index (χ2n) is 4.38. The summed E-state index contributed by atoms with van der Waals surface area (Å²) < 4.78 is 14.5. The molecule has 5 heteroatoms. The molecule has 0 aliphatic rings. The fourth-order valence-electron chi connectivity index (χ4n) is 1.91. The number of rotatable bonds is 4. The van der Waals surface area contributed by atoms with Crippen molar-refractivity contribution in [2.75, 3.05) is 0 Å². The first-order valence-corrected chi connectivity index (χ1v) is 6.63. The number of ketones is 1. The van der Waals surface area contributed by atoms with Crippen LogP contribution in [0.4, 0.5) is 4.39 Å². The molecule has 2 N–H and O–H groups in total. The van der Waals surface area contributed by atoms with Gasteiger partial charge in [-0.1, -0.05) is 30.7 Å². The number of halogens is 2. The van der Waals surface area contributed by atoms with Crippen LogP contribution in [-0.4, -0.2) is 10.8 Å². The van der Waals surface area contributed by atoms with Crippen LogP contribution in [0, 0.1) is 5.82 Å². The van der Waals surface area contributed by atoms with Crippen molar-refractivity contribution in [2.45, 2.75) is 19.4 Å². The molecule has 3 nitrogen and oxygen atoms in total. The molecule has 0 saturated heterocycles. The van der Waals surface area contributed by atoms with Crippen molar-refractivity contribution < 1.29 is 9.18 Å². The van der Waals surface area contributed by atoms with Gasteiger partial charge in [0.15, 0.2) is 0 Å². The summed E-state index contributed by atoms with van der Waals surface area (Å²) in [6.45, 7) is 1.85. The lowest BCUT2D eigenvalue weighted by atomic mass is 9.98. The van der Waals surface area contributed by atoms with Crippen molar-refractivity contribution in [3.05, 3.63) is 64.2 Å². The van der Waals surface area contributed by atoms with E-state index < -0.39 is 17.6 Å². The van der Waals surface area contributed by atoms with Crippen LogP contribution in [0.25, 0.3) is 0 Å². The highest BCUT2D eigenvalue weighted by atomic mass is 35.5. The molecule has 0 unspecified atom stereocenters. The van der Waals surface area contributed by atoms with E-state index in [0.717, 1.165) is 0 Å². The van der Waals surface area contributed by atoms with E-state index in [1.807, 2.05) is 6.92 Å². The number of nitrogens with two attached hydrogens (primary N) is 1. The first kappa shape index (κ1) is 14.6. The van der Waals surface area contributed by atoms with Crippen molar-refractivity contribution in [1.82, 2.24) is 4.98 Å². The number of carbonyl (C=O) groups is 1. The standard InChI is InChI=1S/C15H14ClFN2O/c1-2-11(18)9-6-7-10(16)13(14(9)17)15(20)12-5-3-4-8-19-12/h3-8,11H,2,18H2,1H3/t11-/m1/s1. The van der Waals surface area contributed by atoms with E-state index in [2.05, 4.69) is 4.98 Å². The van der Waals surface area contributed by atoms with Crippen LogP contribution in [0.1, 0.15) is 41.0 Å². The molecule has 2 aromatic rings. The van der Waals surface area contributed by atoms with E-state index in [1.54, 1.807) is 12.1 Å². The third kappa shape index (κ3) is 2.71. The van der Waals surface area contributed by atoms with E-state index in [-0.39, 0.29) is 21.8 Å². The van der Waals surface area contributed by atoms with Crippen LogP contribution >= 0.6 is 11.6 Å². The maximum absolute atomic E-state index is 14.5. The minimum absolute atomic E-state index is 0.0604. The van der Waals surface area contributed by atoms with Gasteiger partial charge in [-0.05, 0) is 24.6 Å². The summed E-state index contributed by atoms with van der Waals surface area (Å²) in [6.07, 6.45) is 2.04. The number of carbonyl (C=O) groups excluding carboxylic acids is 1. The number of hydrogen-bond acceptors (Lipinski definition) is 3. The molecular weight excluding hydrogens is 279 g/mol. The van der Waals surface area contributed by atoms with Crippen LogP contribution in [0.3, 0.4) is 0 Å². The van der Waals surface area contributed by atoms with Crippen molar-refractivity contribution in [3.8, 4) is 0 Å². The van der Waals surface area contributed by atoms with Gasteiger partial charge in [0, 0.05) is 17.8 Å². The number of aromatic nitrogens is 1. The molecule has 1 aromatic carbocycles. The summed E-state index contributed by atoms with van der Waals surface area (Å²) in [4.78, 5) is 16.2. The van der Waals surface area contributed by atoms with Crippen LogP contribution in [0.5, 0.6) is 0 Å². The maximum atomic E-state index is 14.5. The second-order valence-corrected chi connectivity index (χ2v) is 4.79. The fraction of sp³-hybridized carbons (Fsp3) is 0.200. The predicted molar refractivity (Wildman–Crippen MR) is 76.3 cm³/mol. The number of nitrogens with zero attached hydrogens (tertiary/aromatic N) is 1. The summed E-state index contributed by atoms with van der Waals surface area (Å²) in [6, 6.07) is 7.39. The smallest absolute Gasteiger partial charge is 0.215 e. The van der Waals surface area contributed by atoms with Gasteiger partial charge >= 0.3 is 0 Å². The van der Waals surface area contributed by atoms with Gasteiger partial charge in [0.2, 0.25) is 5.78 Å². The Labute approximate surface area is 121 Å². The highest BCUT2D eigenvalue weighted by Gasteiger charge is 2.23. The molecule has 104 valence electrons. The van der Waals surface area contributed by atoms with Gasteiger partial charge in [0.25, 0.3) is 0 Å². The normalized spacial score (nSPS) is 12.2. The van der Waals surface area contributed by atoms with E-state index in [1.165, 1.54) is 24.4 Å². The van der Waals surface area contributed by atoms with E-state index in [0.29, 0.717) is 6.42 Å². The lowest BCUT2D eigenvalue weighted by Crippen LogP contribution is -2.15. The van der Waals surface area contributed by atoms with Gasteiger partial charge < -0.3 is 5.73 Å². The zero-order chi connectivity index (χ0) is 14.7. The Morgan fingerprint density at radius 3 is 2.75 bits per heavy atom. The largest absolute Gasteiger partial charge is 0.324 e. The third-order valence-electron chi connectivity index (χ3n) is 3.08. The molecule has 0 aliphatic heterocycles. The molecular formula is C15H14ClFN2O. The summed E-state index contributed by atoms with van der Waals surface area (Å²) in [5.41, 5.74) is 6.11. The summed E-state index contributed by atoms with van der Waals surface area (Å²) in [5.74, 6) is -1.21. The lowest BCUT2D eigenvalue weighted by molar-refractivity contribution is 0.103. The number of benzene rings is 1. The average molecular weight is 293 g/mol.